The lowest BCUT2D eigenvalue weighted by Gasteiger charge is -2.29. The van der Waals surface area contributed by atoms with Crippen LogP contribution in [0, 0.1) is 0 Å². The molecule has 0 saturated carbocycles. The molecule has 0 atom stereocenters. The SMILES string of the molecule is c1ccc(Cc2ccccc2-c2ccccc2Cc2cccc3sc4cccc(N(c5ccccc5)c5ccccc5-c5ccccc5)c4c23)cc1. The highest BCUT2D eigenvalue weighted by Gasteiger charge is 2.22. The van der Waals surface area contributed by atoms with Gasteiger partial charge in [0.1, 0.15) is 0 Å². The molecular formula is C50H37NS. The average molecular weight is 684 g/mol. The maximum absolute atomic E-state index is 2.46. The van der Waals surface area contributed by atoms with Gasteiger partial charge in [-0.3, -0.25) is 0 Å². The second-order valence-electron chi connectivity index (χ2n) is 13.3. The minimum atomic E-state index is 0.833. The lowest BCUT2D eigenvalue weighted by Crippen LogP contribution is -2.11. The number of hydrogen-bond donors (Lipinski definition) is 0. The summed E-state index contributed by atoms with van der Waals surface area (Å²) in [4.78, 5) is 2.46. The topological polar surface area (TPSA) is 3.24 Å². The lowest BCUT2D eigenvalue weighted by atomic mass is 9.89. The quantitative estimate of drug-likeness (QED) is 0.146. The normalized spacial score (nSPS) is 11.2. The second-order valence-corrected chi connectivity index (χ2v) is 14.3. The first-order valence-electron chi connectivity index (χ1n) is 17.9. The zero-order valence-electron chi connectivity index (χ0n) is 28.8. The van der Waals surface area contributed by atoms with Crippen LogP contribution in [0.25, 0.3) is 42.4 Å². The molecular weight excluding hydrogens is 647 g/mol. The fourth-order valence-corrected chi connectivity index (χ4v) is 8.84. The first-order valence-corrected chi connectivity index (χ1v) is 18.8. The average Bonchev–Trinajstić information content (AvgIpc) is 3.60. The van der Waals surface area contributed by atoms with E-state index in [0.717, 1.165) is 24.2 Å². The van der Waals surface area contributed by atoms with Crippen LogP contribution in [0.4, 0.5) is 17.1 Å². The minimum Gasteiger partial charge on any atom is -0.309 e. The molecule has 0 aliphatic rings. The molecule has 1 nitrogen and oxygen atoms in total. The van der Waals surface area contributed by atoms with E-state index in [9.17, 15) is 0 Å². The molecule has 0 aliphatic carbocycles. The summed E-state index contributed by atoms with van der Waals surface area (Å²) in [5.41, 5.74) is 13.8. The van der Waals surface area contributed by atoms with Crippen molar-refractivity contribution < 1.29 is 0 Å². The van der Waals surface area contributed by atoms with Gasteiger partial charge in [0, 0.05) is 31.4 Å². The minimum absolute atomic E-state index is 0.833. The van der Waals surface area contributed by atoms with Crippen molar-refractivity contribution >= 4 is 48.6 Å². The van der Waals surface area contributed by atoms with E-state index in [1.165, 1.54) is 70.4 Å². The van der Waals surface area contributed by atoms with Crippen molar-refractivity contribution in [3.8, 4) is 22.3 Å². The summed E-state index contributed by atoms with van der Waals surface area (Å²) >= 11 is 1.89. The van der Waals surface area contributed by atoms with Gasteiger partial charge in [-0.25, -0.2) is 0 Å². The summed E-state index contributed by atoms with van der Waals surface area (Å²) in [6.07, 6.45) is 1.73. The van der Waals surface area contributed by atoms with Crippen LogP contribution in [0.2, 0.25) is 0 Å². The molecule has 9 rings (SSSR count). The van der Waals surface area contributed by atoms with Crippen molar-refractivity contribution in [1.29, 1.82) is 0 Å². The van der Waals surface area contributed by atoms with Crippen molar-refractivity contribution in [3.63, 3.8) is 0 Å². The Morgan fingerprint density at radius 2 is 0.846 bits per heavy atom. The summed E-state index contributed by atoms with van der Waals surface area (Å²) in [7, 11) is 0. The highest BCUT2D eigenvalue weighted by atomic mass is 32.1. The van der Waals surface area contributed by atoms with Crippen LogP contribution in [0.3, 0.4) is 0 Å². The molecule has 0 fully saturated rings. The maximum Gasteiger partial charge on any atom is 0.0555 e. The summed E-state index contributed by atoms with van der Waals surface area (Å²) in [5.74, 6) is 0. The fourth-order valence-electron chi connectivity index (χ4n) is 7.66. The van der Waals surface area contributed by atoms with E-state index in [-0.39, 0.29) is 0 Å². The van der Waals surface area contributed by atoms with Crippen molar-refractivity contribution in [3.05, 3.63) is 222 Å². The number of benzene rings is 8. The van der Waals surface area contributed by atoms with E-state index in [4.69, 9.17) is 0 Å². The van der Waals surface area contributed by atoms with Crippen LogP contribution >= 0.6 is 11.3 Å². The Morgan fingerprint density at radius 1 is 0.346 bits per heavy atom. The molecule has 248 valence electrons. The van der Waals surface area contributed by atoms with E-state index in [1.807, 2.05) is 11.3 Å². The maximum atomic E-state index is 2.46. The summed E-state index contributed by atoms with van der Waals surface area (Å²) in [6, 6.07) is 72.7. The molecule has 52 heavy (non-hydrogen) atoms. The van der Waals surface area contributed by atoms with Gasteiger partial charge in [-0.05, 0) is 88.2 Å². The van der Waals surface area contributed by atoms with E-state index < -0.39 is 0 Å². The van der Waals surface area contributed by atoms with Crippen molar-refractivity contribution in [2.45, 2.75) is 12.8 Å². The summed E-state index contributed by atoms with van der Waals surface area (Å²) < 4.78 is 2.60. The van der Waals surface area contributed by atoms with Crippen LogP contribution < -0.4 is 4.90 Å². The first-order chi connectivity index (χ1) is 25.8. The van der Waals surface area contributed by atoms with Gasteiger partial charge in [-0.1, -0.05) is 164 Å². The number of rotatable bonds is 9. The number of nitrogens with zero attached hydrogens (tertiary/aromatic N) is 1. The zero-order chi connectivity index (χ0) is 34.7. The Labute approximate surface area is 309 Å². The molecule has 0 N–H and O–H groups in total. The number of para-hydroxylation sites is 2. The van der Waals surface area contributed by atoms with Gasteiger partial charge in [0.05, 0.1) is 11.4 Å². The molecule has 0 bridgehead atoms. The van der Waals surface area contributed by atoms with E-state index in [0.29, 0.717) is 0 Å². The van der Waals surface area contributed by atoms with Crippen LogP contribution in [-0.4, -0.2) is 0 Å². The standard InChI is InChI=1S/C50H37NS/c1-4-18-36(19-5-1)34-38-22-10-12-27-42(38)43-28-13-11-23-39(43)35-40-24-16-32-47-49(40)50-46(31-17-33-48(50)52-47)51(41-25-8-3-9-26-41)45-30-15-14-29-44(45)37-20-6-2-7-21-37/h1-33H,34-35H2. The zero-order valence-corrected chi connectivity index (χ0v) is 29.6. The molecule has 9 aromatic rings. The van der Waals surface area contributed by atoms with E-state index in [1.54, 1.807) is 0 Å². The molecule has 0 unspecified atom stereocenters. The van der Waals surface area contributed by atoms with Gasteiger partial charge in [0.25, 0.3) is 0 Å². The van der Waals surface area contributed by atoms with Crippen LogP contribution in [0.15, 0.2) is 200 Å². The third-order valence-corrected chi connectivity index (χ3v) is 11.1. The third kappa shape index (κ3) is 6.08. The molecule has 0 aliphatic heterocycles. The van der Waals surface area contributed by atoms with Crippen LogP contribution in [0.5, 0.6) is 0 Å². The number of anilines is 3. The molecule has 0 spiro atoms. The van der Waals surface area contributed by atoms with E-state index >= 15 is 0 Å². The lowest BCUT2D eigenvalue weighted by molar-refractivity contribution is 1.18. The Hall–Kier alpha value is -6.22. The highest BCUT2D eigenvalue weighted by molar-refractivity contribution is 7.26. The van der Waals surface area contributed by atoms with Gasteiger partial charge in [0.15, 0.2) is 0 Å². The Balaban J connectivity index is 1.22. The van der Waals surface area contributed by atoms with Crippen LogP contribution in [-0.2, 0) is 12.8 Å². The Bertz CT molecular complexity index is 2620. The smallest absolute Gasteiger partial charge is 0.0555 e. The number of hydrogen-bond acceptors (Lipinski definition) is 2. The molecule has 8 aromatic carbocycles. The van der Waals surface area contributed by atoms with Gasteiger partial charge in [-0.2, -0.15) is 0 Å². The molecule has 1 heterocycles. The van der Waals surface area contributed by atoms with Gasteiger partial charge >= 0.3 is 0 Å². The molecule has 0 radical (unpaired) electrons. The monoisotopic (exact) mass is 683 g/mol. The Morgan fingerprint density at radius 3 is 1.56 bits per heavy atom. The van der Waals surface area contributed by atoms with Gasteiger partial charge < -0.3 is 4.90 Å². The largest absolute Gasteiger partial charge is 0.309 e. The fraction of sp³-hybridized carbons (Fsp3) is 0.0400. The summed E-state index contributed by atoms with van der Waals surface area (Å²) in [6.45, 7) is 0. The number of fused-ring (bicyclic) bond motifs is 3. The van der Waals surface area contributed by atoms with Crippen LogP contribution in [0.1, 0.15) is 22.3 Å². The number of thiophene rings is 1. The second kappa shape index (κ2) is 14.2. The van der Waals surface area contributed by atoms with E-state index in [2.05, 4.69) is 205 Å². The van der Waals surface area contributed by atoms with Gasteiger partial charge in [-0.15, -0.1) is 11.3 Å². The molecule has 0 saturated heterocycles. The third-order valence-electron chi connectivity index (χ3n) is 10.0. The predicted octanol–water partition coefficient (Wildman–Crippen LogP) is 14.0. The van der Waals surface area contributed by atoms with Crippen molar-refractivity contribution in [1.82, 2.24) is 0 Å². The first kappa shape index (κ1) is 31.7. The Kier molecular flexibility index (Phi) is 8.66. The predicted molar refractivity (Wildman–Crippen MR) is 223 cm³/mol. The molecule has 0 amide bonds. The van der Waals surface area contributed by atoms with Gasteiger partial charge in [0.2, 0.25) is 0 Å². The highest BCUT2D eigenvalue weighted by Crippen LogP contribution is 2.48. The summed E-state index contributed by atoms with van der Waals surface area (Å²) in [5, 5.41) is 2.63. The molecule has 2 heteroatoms. The van der Waals surface area contributed by atoms with Crippen molar-refractivity contribution in [2.24, 2.45) is 0 Å². The molecule has 1 aromatic heterocycles. The van der Waals surface area contributed by atoms with Crippen molar-refractivity contribution in [2.75, 3.05) is 4.90 Å².